The Morgan fingerprint density at radius 2 is 1.39 bits per heavy atom. The molecule has 0 saturated heterocycles. The van der Waals surface area contributed by atoms with E-state index in [4.69, 9.17) is 10.5 Å². The van der Waals surface area contributed by atoms with Gasteiger partial charge in [-0.25, -0.2) is 17.9 Å². The lowest BCUT2D eigenvalue weighted by Gasteiger charge is -2.26. The summed E-state index contributed by atoms with van der Waals surface area (Å²) in [5.41, 5.74) is 7.97. The van der Waals surface area contributed by atoms with Crippen LogP contribution in [0, 0.1) is 0 Å². The molecule has 2 atom stereocenters. The van der Waals surface area contributed by atoms with Crippen molar-refractivity contribution >= 4 is 16.0 Å². The maximum atomic E-state index is 13.3. The van der Waals surface area contributed by atoms with Gasteiger partial charge in [0.15, 0.2) is 0 Å². The molecule has 174 valence electrons. The molecule has 0 spiro atoms. The molecule has 0 bridgehead atoms. The molecule has 0 amide bonds. The molecule has 0 aromatic heterocycles. The Hall–Kier alpha value is -3.00. The van der Waals surface area contributed by atoms with E-state index in [1.54, 1.807) is 45.0 Å². The number of esters is 1. The van der Waals surface area contributed by atoms with Crippen LogP contribution in [0.5, 0.6) is 0 Å². The second-order valence-corrected chi connectivity index (χ2v) is 10.6. The summed E-state index contributed by atoms with van der Waals surface area (Å²) < 4.78 is 34.7. The van der Waals surface area contributed by atoms with Gasteiger partial charge in [0.1, 0.15) is 5.60 Å². The van der Waals surface area contributed by atoms with E-state index in [0.29, 0.717) is 5.56 Å². The summed E-state index contributed by atoms with van der Waals surface area (Å²) >= 11 is 0. The second kappa shape index (κ2) is 10.3. The van der Waals surface area contributed by atoms with Gasteiger partial charge in [0.25, 0.3) is 0 Å². The highest BCUT2D eigenvalue weighted by Crippen LogP contribution is 2.28. The first-order chi connectivity index (χ1) is 15.6. The molecule has 3 aromatic carbocycles. The topological polar surface area (TPSA) is 98.5 Å². The van der Waals surface area contributed by atoms with E-state index < -0.39 is 33.7 Å². The third-order valence-corrected chi connectivity index (χ3v) is 6.29. The first-order valence-corrected chi connectivity index (χ1v) is 12.4. The molecule has 0 radical (unpaired) electrons. The average Bonchev–Trinajstić information content (AvgIpc) is 2.77. The summed E-state index contributed by atoms with van der Waals surface area (Å²) in [7, 11) is -3.87. The van der Waals surface area contributed by atoms with Crippen molar-refractivity contribution in [2.24, 2.45) is 5.73 Å². The number of nitrogens with one attached hydrogen (secondary N) is 1. The van der Waals surface area contributed by atoms with E-state index in [2.05, 4.69) is 4.72 Å². The minimum absolute atomic E-state index is 0.224. The summed E-state index contributed by atoms with van der Waals surface area (Å²) in [4.78, 5) is 12.6. The normalized spacial score (nSPS) is 13.8. The summed E-state index contributed by atoms with van der Waals surface area (Å²) in [5, 5.41) is 0. The van der Waals surface area contributed by atoms with Gasteiger partial charge >= 0.3 is 5.97 Å². The third kappa shape index (κ3) is 6.99. The number of rotatable bonds is 8. The maximum Gasteiger partial charge on any atom is 0.338 e. The molecule has 0 aliphatic carbocycles. The molecule has 6 nitrogen and oxygen atoms in total. The smallest absolute Gasteiger partial charge is 0.338 e. The van der Waals surface area contributed by atoms with Gasteiger partial charge < -0.3 is 10.5 Å². The highest BCUT2D eigenvalue weighted by molar-refractivity contribution is 7.88. The van der Waals surface area contributed by atoms with Crippen LogP contribution in [0.1, 0.15) is 59.9 Å². The molecular weight excluding hydrogens is 436 g/mol. The quantitative estimate of drug-likeness (QED) is 0.476. The predicted molar refractivity (Wildman–Crippen MR) is 130 cm³/mol. The number of hydrogen-bond acceptors (Lipinski definition) is 5. The molecule has 3 N–H and O–H groups in total. The zero-order valence-corrected chi connectivity index (χ0v) is 19.9. The Balaban J connectivity index is 1.90. The minimum Gasteiger partial charge on any atom is -0.456 e. The van der Waals surface area contributed by atoms with E-state index in [-0.39, 0.29) is 11.3 Å². The van der Waals surface area contributed by atoms with Gasteiger partial charge in [-0.05, 0) is 43.5 Å². The lowest BCUT2D eigenvalue weighted by atomic mass is 9.95. The van der Waals surface area contributed by atoms with Crippen molar-refractivity contribution in [1.82, 2.24) is 4.72 Å². The molecule has 33 heavy (non-hydrogen) atoms. The number of benzene rings is 3. The van der Waals surface area contributed by atoms with E-state index in [1.807, 2.05) is 60.7 Å². The molecule has 3 aromatic rings. The molecule has 0 heterocycles. The summed E-state index contributed by atoms with van der Waals surface area (Å²) in [6.45, 7) is 5.30. The van der Waals surface area contributed by atoms with Gasteiger partial charge in [0.2, 0.25) is 10.0 Å². The van der Waals surface area contributed by atoms with Gasteiger partial charge in [-0.1, -0.05) is 78.9 Å². The van der Waals surface area contributed by atoms with Crippen LogP contribution in [0.25, 0.3) is 0 Å². The lowest BCUT2D eigenvalue weighted by molar-refractivity contribution is 0.00686. The molecule has 0 fully saturated rings. The Morgan fingerprint density at radius 1 is 0.879 bits per heavy atom. The van der Waals surface area contributed by atoms with E-state index in [0.717, 1.165) is 11.1 Å². The number of nitrogens with two attached hydrogens (primary N) is 1. The first-order valence-electron chi connectivity index (χ1n) is 10.7. The molecule has 0 saturated carbocycles. The van der Waals surface area contributed by atoms with Gasteiger partial charge in [0, 0.05) is 0 Å². The number of hydrogen-bond donors (Lipinski definition) is 2. The van der Waals surface area contributed by atoms with Crippen molar-refractivity contribution in [2.75, 3.05) is 0 Å². The van der Waals surface area contributed by atoms with Gasteiger partial charge in [-0.3, -0.25) is 0 Å². The molecule has 0 aliphatic heterocycles. The summed E-state index contributed by atoms with van der Waals surface area (Å²) in [6, 6.07) is 23.8. The van der Waals surface area contributed by atoms with Crippen LogP contribution >= 0.6 is 0 Å². The van der Waals surface area contributed by atoms with E-state index >= 15 is 0 Å². The van der Waals surface area contributed by atoms with Gasteiger partial charge in [-0.15, -0.1) is 0 Å². The monoisotopic (exact) mass is 466 g/mol. The van der Waals surface area contributed by atoms with Crippen LogP contribution in [0.3, 0.4) is 0 Å². The van der Waals surface area contributed by atoms with Crippen molar-refractivity contribution in [3.05, 3.63) is 107 Å². The Morgan fingerprint density at radius 3 is 1.97 bits per heavy atom. The Labute approximate surface area is 195 Å². The second-order valence-electron chi connectivity index (χ2n) is 8.86. The first kappa shape index (κ1) is 24.6. The summed E-state index contributed by atoms with van der Waals surface area (Å²) in [6.07, 6.45) is 0. The van der Waals surface area contributed by atoms with E-state index in [1.165, 1.54) is 0 Å². The van der Waals surface area contributed by atoms with Crippen molar-refractivity contribution in [3.63, 3.8) is 0 Å². The molecular formula is C26H30N2O4S. The zero-order chi connectivity index (χ0) is 24.1. The lowest BCUT2D eigenvalue weighted by Crippen LogP contribution is -2.37. The zero-order valence-electron chi connectivity index (χ0n) is 19.1. The Bertz CT molecular complexity index is 1170. The fourth-order valence-corrected chi connectivity index (χ4v) is 4.91. The van der Waals surface area contributed by atoms with Gasteiger partial charge in [-0.2, -0.15) is 0 Å². The highest BCUT2D eigenvalue weighted by atomic mass is 32.2. The number of carbonyl (C=O) groups is 1. The molecule has 2 unspecified atom stereocenters. The van der Waals surface area contributed by atoms with Crippen molar-refractivity contribution in [2.45, 2.75) is 44.2 Å². The number of sulfonamides is 1. The number of ether oxygens (including phenoxy) is 1. The van der Waals surface area contributed by atoms with Crippen molar-refractivity contribution in [3.8, 4) is 0 Å². The maximum absolute atomic E-state index is 13.3. The number of carbonyl (C=O) groups excluding carboxylic acids is 1. The highest BCUT2D eigenvalue weighted by Gasteiger charge is 2.28. The van der Waals surface area contributed by atoms with Crippen molar-refractivity contribution < 1.29 is 17.9 Å². The molecule has 0 aliphatic rings. The fraction of sp³-hybridized carbons (Fsp3) is 0.269. The van der Waals surface area contributed by atoms with Crippen LogP contribution < -0.4 is 10.5 Å². The van der Waals surface area contributed by atoms with Crippen molar-refractivity contribution in [1.29, 1.82) is 0 Å². The third-order valence-electron chi connectivity index (χ3n) is 4.99. The predicted octanol–water partition coefficient (Wildman–Crippen LogP) is 4.50. The fourth-order valence-electron chi connectivity index (χ4n) is 3.49. The standard InChI is InChI=1S/C26H30N2O4S/c1-26(2,3)32-25(29)22-17-11-10-16-21(22)18-33(30,31)28-24(20-14-8-5-9-15-20)23(27)19-12-6-4-7-13-19/h4-17,23-24,28H,18,27H2,1-3H3. The molecule has 3 rings (SSSR count). The summed E-state index contributed by atoms with van der Waals surface area (Å²) in [5.74, 6) is -0.943. The van der Waals surface area contributed by atoms with Crippen LogP contribution in [-0.4, -0.2) is 20.0 Å². The van der Waals surface area contributed by atoms with Crippen LogP contribution in [0.4, 0.5) is 0 Å². The largest absolute Gasteiger partial charge is 0.456 e. The van der Waals surface area contributed by atoms with Gasteiger partial charge in [0.05, 0.1) is 23.4 Å². The Kier molecular flexibility index (Phi) is 7.68. The van der Waals surface area contributed by atoms with Crippen LogP contribution in [0.2, 0.25) is 0 Å². The average molecular weight is 467 g/mol. The SMILES string of the molecule is CC(C)(C)OC(=O)c1ccccc1CS(=O)(=O)NC(c1ccccc1)C(N)c1ccccc1. The van der Waals surface area contributed by atoms with Crippen LogP contribution in [-0.2, 0) is 20.5 Å². The van der Waals surface area contributed by atoms with Crippen LogP contribution in [0.15, 0.2) is 84.9 Å². The van der Waals surface area contributed by atoms with E-state index in [9.17, 15) is 13.2 Å². The molecule has 7 heteroatoms. The minimum atomic E-state index is -3.87.